The second-order valence-corrected chi connectivity index (χ2v) is 19.6. The van der Waals surface area contributed by atoms with Crippen molar-refractivity contribution in [3.8, 4) is 5.75 Å². The number of rotatable bonds is 9. The van der Waals surface area contributed by atoms with Crippen LogP contribution in [0.4, 0.5) is 0 Å². The van der Waals surface area contributed by atoms with Crippen molar-refractivity contribution in [1.82, 2.24) is 9.80 Å². The third-order valence-corrected chi connectivity index (χ3v) is 13.6. The number of aromatic hydroxyl groups is 1. The summed E-state index contributed by atoms with van der Waals surface area (Å²) < 4.78 is 13.0. The summed E-state index contributed by atoms with van der Waals surface area (Å²) in [6, 6.07) is 4.14. The van der Waals surface area contributed by atoms with Crippen LogP contribution in [0.5, 0.6) is 5.75 Å². The van der Waals surface area contributed by atoms with Crippen LogP contribution in [0.3, 0.4) is 0 Å². The number of carbonyl (C=O) groups is 2. The van der Waals surface area contributed by atoms with E-state index in [0.717, 1.165) is 36.2 Å². The molecular formula is C42H72N2O5. The van der Waals surface area contributed by atoms with Crippen molar-refractivity contribution in [2.45, 2.75) is 170 Å². The third kappa shape index (κ3) is 8.03. The number of nitrogens with zero attached hydrogens (tertiary/aromatic N) is 2. The van der Waals surface area contributed by atoms with Crippen LogP contribution in [0, 0.1) is 22.7 Å². The molecule has 0 aliphatic carbocycles. The second kappa shape index (κ2) is 14.1. The van der Waals surface area contributed by atoms with E-state index in [2.05, 4.69) is 140 Å². The molecule has 1 aromatic carbocycles. The molecule has 4 atom stereocenters. The van der Waals surface area contributed by atoms with Crippen LogP contribution in [0.2, 0.25) is 0 Å². The van der Waals surface area contributed by atoms with Crippen LogP contribution in [0.1, 0.15) is 146 Å². The van der Waals surface area contributed by atoms with Gasteiger partial charge in [0.05, 0.1) is 0 Å². The zero-order valence-corrected chi connectivity index (χ0v) is 34.4. The van der Waals surface area contributed by atoms with Crippen LogP contribution in [-0.4, -0.2) is 77.3 Å². The van der Waals surface area contributed by atoms with Crippen molar-refractivity contribution < 1.29 is 24.2 Å². The van der Waals surface area contributed by atoms with Crippen molar-refractivity contribution in [2.75, 3.05) is 27.2 Å². The summed E-state index contributed by atoms with van der Waals surface area (Å²) in [5, 5.41) is 11.3. The van der Waals surface area contributed by atoms with Crippen LogP contribution in [-0.2, 0) is 36.3 Å². The number of hydrogen-bond donors (Lipinski definition) is 1. The molecule has 0 spiro atoms. The number of piperidine rings is 2. The summed E-state index contributed by atoms with van der Waals surface area (Å²) in [5.41, 5.74) is 1.09. The molecular weight excluding hydrogens is 612 g/mol. The van der Waals surface area contributed by atoms with E-state index in [-0.39, 0.29) is 44.8 Å². The Labute approximate surface area is 299 Å². The molecule has 0 bridgehead atoms. The molecule has 0 amide bonds. The lowest BCUT2D eigenvalue weighted by molar-refractivity contribution is -0.191. The van der Waals surface area contributed by atoms with Crippen LogP contribution in [0.25, 0.3) is 0 Å². The SMILES string of the molecule is CCCC(Cc1cc(C(C)(C)C)c(O)c(C(C)(C)C)c1)OC(=O)C(C(=O)OC1CCN(C)C(C)(C)C1(C)C)C1CCN(C)C(C)(C)C1(C)C. The van der Waals surface area contributed by atoms with E-state index in [1.807, 2.05) is 0 Å². The molecule has 7 nitrogen and oxygen atoms in total. The van der Waals surface area contributed by atoms with Gasteiger partial charge < -0.3 is 24.4 Å². The van der Waals surface area contributed by atoms with Gasteiger partial charge in [-0.2, -0.15) is 0 Å². The van der Waals surface area contributed by atoms with Crippen molar-refractivity contribution in [3.63, 3.8) is 0 Å². The summed E-state index contributed by atoms with van der Waals surface area (Å²) in [5.74, 6) is -1.87. The molecule has 1 aromatic rings. The van der Waals surface area contributed by atoms with Gasteiger partial charge in [0, 0.05) is 29.5 Å². The number of ether oxygens (including phenoxy) is 2. The maximum Gasteiger partial charge on any atom is 0.320 e. The summed E-state index contributed by atoms with van der Waals surface area (Å²) >= 11 is 0. The summed E-state index contributed by atoms with van der Waals surface area (Å²) in [6.45, 7) is 33.9. The Morgan fingerprint density at radius 3 is 1.76 bits per heavy atom. The Morgan fingerprint density at radius 2 is 1.29 bits per heavy atom. The molecule has 0 radical (unpaired) electrons. The molecule has 7 heteroatoms. The lowest BCUT2D eigenvalue weighted by atomic mass is 9.58. The van der Waals surface area contributed by atoms with Crippen LogP contribution < -0.4 is 0 Å². The largest absolute Gasteiger partial charge is 0.507 e. The van der Waals surface area contributed by atoms with E-state index < -0.39 is 24.0 Å². The summed E-state index contributed by atoms with van der Waals surface area (Å²) in [6.07, 6.45) is 2.68. The molecule has 3 rings (SSSR count). The molecule has 49 heavy (non-hydrogen) atoms. The standard InChI is InChI=1S/C42H72N2O5/c1-18-19-28(24-27-25-30(37(2,3)4)34(45)31(26-27)38(5,6)7)48-35(46)33(29-20-22-43(16)41(12,13)39(29,8)9)36(47)49-32-21-23-44(17)42(14,15)40(32,10)11/h25-26,28-29,32-33,45H,18-24H2,1-17H3. The van der Waals surface area contributed by atoms with Crippen molar-refractivity contribution in [2.24, 2.45) is 22.7 Å². The minimum Gasteiger partial charge on any atom is -0.507 e. The monoisotopic (exact) mass is 685 g/mol. The van der Waals surface area contributed by atoms with Gasteiger partial charge in [-0.3, -0.25) is 9.59 Å². The zero-order valence-electron chi connectivity index (χ0n) is 34.4. The van der Waals surface area contributed by atoms with Gasteiger partial charge in [-0.05, 0) is 106 Å². The van der Waals surface area contributed by atoms with Gasteiger partial charge in [0.25, 0.3) is 0 Å². The maximum absolute atomic E-state index is 14.6. The van der Waals surface area contributed by atoms with Gasteiger partial charge in [0.1, 0.15) is 18.0 Å². The van der Waals surface area contributed by atoms with E-state index in [4.69, 9.17) is 9.47 Å². The Balaban J connectivity index is 2.05. The van der Waals surface area contributed by atoms with Gasteiger partial charge in [0.2, 0.25) is 0 Å². The van der Waals surface area contributed by atoms with Crippen molar-refractivity contribution in [1.29, 1.82) is 0 Å². The van der Waals surface area contributed by atoms with Gasteiger partial charge in [-0.15, -0.1) is 0 Å². The minimum atomic E-state index is -1.03. The number of benzene rings is 1. The number of likely N-dealkylation sites (tertiary alicyclic amines) is 2. The number of carbonyl (C=O) groups excluding carboxylic acids is 2. The average Bonchev–Trinajstić information content (AvgIpc) is 2.94. The lowest BCUT2D eigenvalue weighted by Crippen LogP contribution is -2.64. The zero-order chi connectivity index (χ0) is 37.7. The Bertz CT molecular complexity index is 1310. The highest BCUT2D eigenvalue weighted by Crippen LogP contribution is 2.51. The number of phenols is 1. The van der Waals surface area contributed by atoms with Gasteiger partial charge in [-0.25, -0.2) is 0 Å². The number of phenolic OH excluding ortho intramolecular Hbond substituents is 1. The molecule has 4 unspecified atom stereocenters. The van der Waals surface area contributed by atoms with Crippen LogP contribution in [0.15, 0.2) is 12.1 Å². The number of esters is 2. The summed E-state index contributed by atoms with van der Waals surface area (Å²) in [7, 11) is 4.25. The molecule has 0 saturated carbocycles. The Kier molecular flexibility index (Phi) is 11.9. The first-order chi connectivity index (χ1) is 22.1. The molecule has 2 aliphatic heterocycles. The first kappa shape index (κ1) is 41.3. The van der Waals surface area contributed by atoms with Gasteiger partial charge >= 0.3 is 11.9 Å². The van der Waals surface area contributed by atoms with Gasteiger partial charge in [-0.1, -0.05) is 94.7 Å². The normalized spacial score (nSPS) is 25.3. The highest BCUT2D eigenvalue weighted by molar-refractivity contribution is 5.95. The van der Waals surface area contributed by atoms with E-state index in [9.17, 15) is 14.7 Å². The molecule has 0 aromatic heterocycles. The fourth-order valence-corrected chi connectivity index (χ4v) is 8.16. The minimum absolute atomic E-state index is 0.199. The fraction of sp³-hybridized carbons (Fsp3) is 0.810. The highest BCUT2D eigenvalue weighted by atomic mass is 16.6. The molecule has 2 saturated heterocycles. The summed E-state index contributed by atoms with van der Waals surface area (Å²) in [4.78, 5) is 33.9. The topological polar surface area (TPSA) is 79.3 Å². The van der Waals surface area contributed by atoms with Crippen molar-refractivity contribution in [3.05, 3.63) is 28.8 Å². The van der Waals surface area contributed by atoms with Gasteiger partial charge in [0.15, 0.2) is 5.92 Å². The Hall–Kier alpha value is -2.12. The average molecular weight is 685 g/mol. The molecule has 2 aliphatic rings. The molecule has 1 N–H and O–H groups in total. The third-order valence-electron chi connectivity index (χ3n) is 13.6. The second-order valence-electron chi connectivity index (χ2n) is 19.6. The first-order valence-corrected chi connectivity index (χ1v) is 18.8. The fourth-order valence-electron chi connectivity index (χ4n) is 8.16. The lowest BCUT2D eigenvalue weighted by Gasteiger charge is -2.57. The molecule has 280 valence electrons. The van der Waals surface area contributed by atoms with E-state index in [1.54, 1.807) is 0 Å². The van der Waals surface area contributed by atoms with Crippen molar-refractivity contribution >= 4 is 11.9 Å². The van der Waals surface area contributed by atoms with E-state index >= 15 is 0 Å². The van der Waals surface area contributed by atoms with E-state index in [0.29, 0.717) is 31.4 Å². The predicted molar refractivity (Wildman–Crippen MR) is 201 cm³/mol. The molecule has 2 fully saturated rings. The number of hydrogen-bond acceptors (Lipinski definition) is 7. The highest BCUT2D eigenvalue weighted by Gasteiger charge is 2.57. The van der Waals surface area contributed by atoms with Crippen LogP contribution >= 0.6 is 0 Å². The maximum atomic E-state index is 14.6. The predicted octanol–water partition coefficient (Wildman–Crippen LogP) is 8.67. The first-order valence-electron chi connectivity index (χ1n) is 18.8. The Morgan fingerprint density at radius 1 is 0.816 bits per heavy atom. The quantitative estimate of drug-likeness (QED) is 0.206. The molecule has 2 heterocycles. The van der Waals surface area contributed by atoms with E-state index in [1.165, 1.54) is 0 Å². The smallest absolute Gasteiger partial charge is 0.320 e.